The van der Waals surface area contributed by atoms with Gasteiger partial charge in [-0.05, 0) is 98.7 Å². The number of carbonyl (C=O) groups is 2. The van der Waals surface area contributed by atoms with Gasteiger partial charge >= 0.3 is 5.97 Å². The van der Waals surface area contributed by atoms with Crippen molar-refractivity contribution in [3.05, 3.63) is 0 Å². The van der Waals surface area contributed by atoms with E-state index in [1.807, 2.05) is 0 Å². The van der Waals surface area contributed by atoms with Crippen molar-refractivity contribution < 1.29 is 14.3 Å². The molecule has 4 nitrogen and oxygen atoms in total. The van der Waals surface area contributed by atoms with Crippen LogP contribution in [0.15, 0.2) is 0 Å². The smallest absolute Gasteiger partial charge is 0.309 e. The Morgan fingerprint density at radius 1 is 0.929 bits per heavy atom. The van der Waals surface area contributed by atoms with E-state index in [0.717, 1.165) is 50.0 Å². The number of hydrogen-bond donors (Lipinski definition) is 1. The van der Waals surface area contributed by atoms with Crippen LogP contribution in [0.3, 0.4) is 0 Å². The molecule has 0 radical (unpaired) electrons. The zero-order valence-corrected chi connectivity index (χ0v) is 18.1. The minimum absolute atomic E-state index is 0.0189. The van der Waals surface area contributed by atoms with Crippen molar-refractivity contribution in [2.45, 2.75) is 85.0 Å². The molecule has 0 aromatic carbocycles. The van der Waals surface area contributed by atoms with Gasteiger partial charge in [-0.3, -0.25) is 9.59 Å². The molecule has 28 heavy (non-hydrogen) atoms. The predicted octanol–water partition coefficient (Wildman–Crippen LogP) is 4.71. The van der Waals surface area contributed by atoms with Gasteiger partial charge in [-0.15, -0.1) is 0 Å². The lowest BCUT2D eigenvalue weighted by Gasteiger charge is -2.56. The molecule has 5 aliphatic rings. The first kappa shape index (κ1) is 20.2. The van der Waals surface area contributed by atoms with Crippen LogP contribution in [-0.4, -0.2) is 25.0 Å². The molecule has 0 spiro atoms. The normalized spacial score (nSPS) is 39.6. The standard InChI is InChI=1S/C24H39NO3/c1-23(2,3)20-6-4-19(5-7-20)22(27)28-14-21(26)25-15-24-11-16-8-17(12-24)10-18(9-16)13-24/h16-20H,4-15H2,1-3H3,(H,25,26). The van der Waals surface area contributed by atoms with Crippen molar-refractivity contribution in [1.82, 2.24) is 5.32 Å². The Hall–Kier alpha value is -1.06. The molecule has 5 rings (SSSR count). The van der Waals surface area contributed by atoms with Crippen molar-refractivity contribution in [1.29, 1.82) is 0 Å². The van der Waals surface area contributed by atoms with Gasteiger partial charge in [0.1, 0.15) is 0 Å². The number of nitrogens with one attached hydrogen (secondary N) is 1. The molecule has 1 N–H and O–H groups in total. The van der Waals surface area contributed by atoms with Gasteiger partial charge in [-0.1, -0.05) is 20.8 Å². The summed E-state index contributed by atoms with van der Waals surface area (Å²) >= 11 is 0. The average Bonchev–Trinajstić information content (AvgIpc) is 2.63. The zero-order chi connectivity index (χ0) is 19.9. The molecule has 5 aliphatic carbocycles. The van der Waals surface area contributed by atoms with E-state index in [1.54, 1.807) is 0 Å². The van der Waals surface area contributed by atoms with E-state index < -0.39 is 0 Å². The van der Waals surface area contributed by atoms with E-state index in [-0.39, 0.29) is 24.4 Å². The fraction of sp³-hybridized carbons (Fsp3) is 0.917. The van der Waals surface area contributed by atoms with Crippen LogP contribution in [0.1, 0.15) is 85.0 Å². The minimum Gasteiger partial charge on any atom is -0.455 e. The van der Waals surface area contributed by atoms with Gasteiger partial charge in [0.15, 0.2) is 6.61 Å². The van der Waals surface area contributed by atoms with Crippen LogP contribution in [0.5, 0.6) is 0 Å². The highest BCUT2D eigenvalue weighted by molar-refractivity contribution is 5.81. The van der Waals surface area contributed by atoms with Crippen LogP contribution >= 0.6 is 0 Å². The maximum absolute atomic E-state index is 12.4. The van der Waals surface area contributed by atoms with Gasteiger partial charge in [-0.2, -0.15) is 0 Å². The quantitative estimate of drug-likeness (QED) is 0.693. The van der Waals surface area contributed by atoms with Crippen LogP contribution in [-0.2, 0) is 14.3 Å². The molecule has 158 valence electrons. The minimum atomic E-state index is -0.169. The molecule has 0 saturated heterocycles. The maximum Gasteiger partial charge on any atom is 0.309 e. The van der Waals surface area contributed by atoms with Gasteiger partial charge in [0.2, 0.25) is 0 Å². The Labute approximate surface area is 170 Å². The first-order valence-electron chi connectivity index (χ1n) is 11.7. The van der Waals surface area contributed by atoms with Gasteiger partial charge in [0.25, 0.3) is 5.91 Å². The molecule has 4 bridgehead atoms. The number of carbonyl (C=O) groups excluding carboxylic acids is 2. The third-order valence-electron chi connectivity index (χ3n) is 8.46. The molecule has 5 saturated carbocycles. The van der Waals surface area contributed by atoms with E-state index in [0.29, 0.717) is 16.7 Å². The summed E-state index contributed by atoms with van der Waals surface area (Å²) in [5, 5.41) is 3.11. The number of esters is 1. The second-order valence-electron chi connectivity index (χ2n) is 11.7. The fourth-order valence-electron chi connectivity index (χ4n) is 7.29. The summed E-state index contributed by atoms with van der Waals surface area (Å²) in [4.78, 5) is 24.7. The molecule has 0 aliphatic heterocycles. The molecule has 5 fully saturated rings. The second-order valence-corrected chi connectivity index (χ2v) is 11.7. The molecule has 0 heterocycles. The third-order valence-corrected chi connectivity index (χ3v) is 8.46. The van der Waals surface area contributed by atoms with E-state index >= 15 is 0 Å². The highest BCUT2D eigenvalue weighted by Crippen LogP contribution is 2.59. The summed E-state index contributed by atoms with van der Waals surface area (Å²) < 4.78 is 5.38. The van der Waals surface area contributed by atoms with Crippen molar-refractivity contribution in [2.24, 2.45) is 40.4 Å². The lowest BCUT2D eigenvalue weighted by Crippen LogP contribution is -2.51. The molecule has 4 heteroatoms. The number of ether oxygens (including phenoxy) is 1. The number of amides is 1. The van der Waals surface area contributed by atoms with Crippen molar-refractivity contribution in [3.8, 4) is 0 Å². The van der Waals surface area contributed by atoms with Crippen molar-refractivity contribution in [3.63, 3.8) is 0 Å². The second kappa shape index (κ2) is 7.65. The average molecular weight is 390 g/mol. The summed E-state index contributed by atoms with van der Waals surface area (Å²) in [7, 11) is 0. The first-order valence-corrected chi connectivity index (χ1v) is 11.7. The summed E-state index contributed by atoms with van der Waals surface area (Å²) in [5.41, 5.74) is 0.645. The van der Waals surface area contributed by atoms with Gasteiger partial charge in [0, 0.05) is 6.54 Å². The summed E-state index contributed by atoms with van der Waals surface area (Å²) in [6, 6.07) is 0. The van der Waals surface area contributed by atoms with E-state index in [2.05, 4.69) is 26.1 Å². The molecule has 0 aromatic heterocycles. The highest BCUT2D eigenvalue weighted by Gasteiger charge is 2.50. The van der Waals surface area contributed by atoms with Gasteiger partial charge in [-0.25, -0.2) is 0 Å². The van der Waals surface area contributed by atoms with Crippen LogP contribution < -0.4 is 5.32 Å². The molecule has 0 aromatic rings. The van der Waals surface area contributed by atoms with Crippen LogP contribution in [0, 0.1) is 40.4 Å². The number of hydrogen-bond acceptors (Lipinski definition) is 3. The zero-order valence-electron chi connectivity index (χ0n) is 18.1. The molecular formula is C24H39NO3. The number of rotatable bonds is 5. The Balaban J connectivity index is 1.18. The largest absolute Gasteiger partial charge is 0.455 e. The van der Waals surface area contributed by atoms with Gasteiger partial charge < -0.3 is 10.1 Å². The third kappa shape index (κ3) is 4.41. The molecular weight excluding hydrogens is 350 g/mol. The van der Waals surface area contributed by atoms with Crippen molar-refractivity contribution >= 4 is 11.9 Å². The van der Waals surface area contributed by atoms with Crippen LogP contribution in [0.4, 0.5) is 0 Å². The first-order chi connectivity index (χ1) is 13.2. The SMILES string of the molecule is CC(C)(C)C1CCC(C(=O)OCC(=O)NCC23CC4CC(CC(C4)C2)C3)CC1. The lowest BCUT2D eigenvalue weighted by atomic mass is 9.49. The topological polar surface area (TPSA) is 55.4 Å². The van der Waals surface area contributed by atoms with E-state index in [4.69, 9.17) is 4.74 Å². The highest BCUT2D eigenvalue weighted by atomic mass is 16.5. The molecule has 0 unspecified atom stereocenters. The van der Waals surface area contributed by atoms with Gasteiger partial charge in [0.05, 0.1) is 5.92 Å². The Morgan fingerprint density at radius 3 is 1.96 bits per heavy atom. The summed E-state index contributed by atoms with van der Waals surface area (Å²) in [6.07, 6.45) is 12.1. The Bertz CT molecular complexity index is 562. The van der Waals surface area contributed by atoms with Crippen LogP contribution in [0.25, 0.3) is 0 Å². The fourth-order valence-corrected chi connectivity index (χ4v) is 7.29. The van der Waals surface area contributed by atoms with E-state index in [9.17, 15) is 9.59 Å². The summed E-state index contributed by atoms with van der Waals surface area (Å²) in [6.45, 7) is 7.52. The predicted molar refractivity (Wildman–Crippen MR) is 109 cm³/mol. The van der Waals surface area contributed by atoms with Crippen LogP contribution in [0.2, 0.25) is 0 Å². The maximum atomic E-state index is 12.4. The lowest BCUT2D eigenvalue weighted by molar-refractivity contribution is -0.154. The Kier molecular flexibility index (Phi) is 5.52. The molecule has 1 amide bonds. The van der Waals surface area contributed by atoms with Crippen molar-refractivity contribution in [2.75, 3.05) is 13.2 Å². The summed E-state index contributed by atoms with van der Waals surface area (Å²) in [5.74, 6) is 3.05. The van der Waals surface area contributed by atoms with E-state index in [1.165, 1.54) is 38.5 Å². The molecule has 0 atom stereocenters. The monoisotopic (exact) mass is 389 g/mol. The Morgan fingerprint density at radius 2 is 1.46 bits per heavy atom.